The summed E-state index contributed by atoms with van der Waals surface area (Å²) in [7, 11) is 1.59. The van der Waals surface area contributed by atoms with Crippen LogP contribution in [0.5, 0.6) is 17.4 Å². The maximum atomic E-state index is 12.5. The molecule has 0 radical (unpaired) electrons. The van der Waals surface area contributed by atoms with Gasteiger partial charge < -0.3 is 14.8 Å². The molecule has 0 spiro atoms. The third-order valence-corrected chi connectivity index (χ3v) is 4.68. The van der Waals surface area contributed by atoms with E-state index in [1.54, 1.807) is 25.3 Å². The number of amides is 1. The smallest absolute Gasteiger partial charge is 0.255 e. The SMILES string of the molecule is COc1ccccc1Oc1cc(-c2ccc(C(=O)Nc3ccc(C)cc3)cc2)ncn1. The van der Waals surface area contributed by atoms with Gasteiger partial charge in [-0.1, -0.05) is 42.0 Å². The van der Waals surface area contributed by atoms with Crippen molar-refractivity contribution in [3.05, 3.63) is 96.3 Å². The Hall–Kier alpha value is -4.19. The Labute approximate surface area is 180 Å². The molecule has 0 unspecified atom stereocenters. The fourth-order valence-electron chi connectivity index (χ4n) is 3.00. The maximum absolute atomic E-state index is 12.5. The number of nitrogens with zero attached hydrogens (tertiary/aromatic N) is 2. The van der Waals surface area contributed by atoms with Crippen LogP contribution in [0, 0.1) is 6.92 Å². The number of hydrogen-bond donors (Lipinski definition) is 1. The zero-order chi connectivity index (χ0) is 21.6. The Morgan fingerprint density at radius 2 is 1.58 bits per heavy atom. The highest BCUT2D eigenvalue weighted by atomic mass is 16.5. The molecule has 6 heteroatoms. The molecule has 4 aromatic rings. The van der Waals surface area contributed by atoms with Gasteiger partial charge in [0.15, 0.2) is 11.5 Å². The number of anilines is 1. The van der Waals surface area contributed by atoms with Gasteiger partial charge in [0.2, 0.25) is 5.88 Å². The molecule has 1 amide bonds. The van der Waals surface area contributed by atoms with Gasteiger partial charge >= 0.3 is 0 Å². The number of benzene rings is 3. The highest BCUT2D eigenvalue weighted by Gasteiger charge is 2.10. The van der Waals surface area contributed by atoms with Crippen LogP contribution in [0.2, 0.25) is 0 Å². The molecule has 0 aliphatic heterocycles. The molecule has 0 atom stereocenters. The number of para-hydroxylation sites is 2. The maximum Gasteiger partial charge on any atom is 0.255 e. The van der Waals surface area contributed by atoms with Crippen LogP contribution in [0.3, 0.4) is 0 Å². The van der Waals surface area contributed by atoms with E-state index in [9.17, 15) is 4.79 Å². The molecule has 0 saturated heterocycles. The minimum atomic E-state index is -0.168. The number of aromatic nitrogens is 2. The quantitative estimate of drug-likeness (QED) is 0.453. The van der Waals surface area contributed by atoms with Crippen LogP contribution < -0.4 is 14.8 Å². The molecule has 154 valence electrons. The van der Waals surface area contributed by atoms with Gasteiger partial charge in [0.25, 0.3) is 5.91 Å². The number of rotatable bonds is 6. The molecule has 0 fully saturated rings. The van der Waals surface area contributed by atoms with E-state index in [0.717, 1.165) is 16.8 Å². The van der Waals surface area contributed by atoms with E-state index in [1.807, 2.05) is 67.6 Å². The lowest BCUT2D eigenvalue weighted by atomic mass is 10.1. The summed E-state index contributed by atoms with van der Waals surface area (Å²) in [6.45, 7) is 2.00. The molecule has 4 rings (SSSR count). The molecular weight excluding hydrogens is 390 g/mol. The van der Waals surface area contributed by atoms with Crippen LogP contribution in [0.4, 0.5) is 5.69 Å². The van der Waals surface area contributed by atoms with E-state index in [1.165, 1.54) is 6.33 Å². The first-order chi connectivity index (χ1) is 15.1. The molecule has 0 aliphatic rings. The van der Waals surface area contributed by atoms with Crippen molar-refractivity contribution in [1.82, 2.24) is 9.97 Å². The third-order valence-electron chi connectivity index (χ3n) is 4.68. The second-order valence-electron chi connectivity index (χ2n) is 6.89. The Kier molecular flexibility index (Phi) is 5.89. The van der Waals surface area contributed by atoms with Crippen LogP contribution in [-0.2, 0) is 0 Å². The lowest BCUT2D eigenvalue weighted by Crippen LogP contribution is -2.11. The monoisotopic (exact) mass is 411 g/mol. The van der Waals surface area contributed by atoms with Crippen molar-refractivity contribution in [2.75, 3.05) is 12.4 Å². The van der Waals surface area contributed by atoms with Gasteiger partial charge in [0.05, 0.1) is 12.8 Å². The van der Waals surface area contributed by atoms with Crippen molar-refractivity contribution < 1.29 is 14.3 Å². The highest BCUT2D eigenvalue weighted by molar-refractivity contribution is 6.04. The van der Waals surface area contributed by atoms with E-state index >= 15 is 0 Å². The highest BCUT2D eigenvalue weighted by Crippen LogP contribution is 2.31. The van der Waals surface area contributed by atoms with Crippen LogP contribution in [-0.4, -0.2) is 23.0 Å². The Morgan fingerprint density at radius 3 is 2.29 bits per heavy atom. The van der Waals surface area contributed by atoms with Gasteiger partial charge in [-0.15, -0.1) is 0 Å². The molecular formula is C25H21N3O3. The number of aryl methyl sites for hydroxylation is 1. The van der Waals surface area contributed by atoms with E-state index in [0.29, 0.717) is 28.6 Å². The fraction of sp³-hybridized carbons (Fsp3) is 0.0800. The van der Waals surface area contributed by atoms with Gasteiger partial charge in [-0.3, -0.25) is 4.79 Å². The van der Waals surface area contributed by atoms with Crippen LogP contribution in [0.15, 0.2) is 85.2 Å². The first kappa shape index (κ1) is 20.1. The minimum absolute atomic E-state index is 0.168. The lowest BCUT2D eigenvalue weighted by Gasteiger charge is -2.10. The molecule has 1 N–H and O–H groups in total. The summed E-state index contributed by atoms with van der Waals surface area (Å²) in [6.07, 6.45) is 1.44. The molecule has 0 aliphatic carbocycles. The number of methoxy groups -OCH3 is 1. The van der Waals surface area contributed by atoms with E-state index in [4.69, 9.17) is 9.47 Å². The van der Waals surface area contributed by atoms with Gasteiger partial charge in [-0.2, -0.15) is 0 Å². The van der Waals surface area contributed by atoms with Crippen molar-refractivity contribution in [3.63, 3.8) is 0 Å². The van der Waals surface area contributed by atoms with Gasteiger partial charge in [0, 0.05) is 22.9 Å². The Morgan fingerprint density at radius 1 is 0.871 bits per heavy atom. The summed E-state index contributed by atoms with van der Waals surface area (Å²) in [5, 5.41) is 2.90. The lowest BCUT2D eigenvalue weighted by molar-refractivity contribution is 0.102. The predicted molar refractivity (Wildman–Crippen MR) is 120 cm³/mol. The third kappa shape index (κ3) is 4.87. The average Bonchev–Trinajstić information content (AvgIpc) is 2.81. The van der Waals surface area contributed by atoms with Crippen LogP contribution in [0.25, 0.3) is 11.3 Å². The molecule has 1 heterocycles. The zero-order valence-corrected chi connectivity index (χ0v) is 17.2. The fourth-order valence-corrected chi connectivity index (χ4v) is 3.00. The molecule has 0 bridgehead atoms. The van der Waals surface area contributed by atoms with Gasteiger partial charge in [-0.25, -0.2) is 9.97 Å². The van der Waals surface area contributed by atoms with E-state index in [2.05, 4.69) is 15.3 Å². The average molecular weight is 411 g/mol. The predicted octanol–water partition coefficient (Wildman–Crippen LogP) is 5.51. The number of nitrogens with one attached hydrogen (secondary N) is 1. The van der Waals surface area contributed by atoms with Crippen molar-refractivity contribution in [3.8, 4) is 28.6 Å². The number of hydrogen-bond acceptors (Lipinski definition) is 5. The van der Waals surface area contributed by atoms with E-state index < -0.39 is 0 Å². The van der Waals surface area contributed by atoms with Crippen molar-refractivity contribution in [1.29, 1.82) is 0 Å². The molecule has 1 aromatic heterocycles. The second-order valence-corrected chi connectivity index (χ2v) is 6.89. The summed E-state index contributed by atoms with van der Waals surface area (Å²) in [5.41, 5.74) is 3.99. The summed E-state index contributed by atoms with van der Waals surface area (Å²) in [5.74, 6) is 1.42. The van der Waals surface area contributed by atoms with Crippen LogP contribution in [0.1, 0.15) is 15.9 Å². The Balaban J connectivity index is 1.49. The zero-order valence-electron chi connectivity index (χ0n) is 17.2. The first-order valence-electron chi connectivity index (χ1n) is 9.74. The largest absolute Gasteiger partial charge is 0.493 e. The summed E-state index contributed by atoms with van der Waals surface area (Å²) in [4.78, 5) is 21.0. The van der Waals surface area contributed by atoms with Crippen molar-refractivity contribution in [2.24, 2.45) is 0 Å². The Bertz CT molecular complexity index is 1190. The molecule has 31 heavy (non-hydrogen) atoms. The topological polar surface area (TPSA) is 73.3 Å². The van der Waals surface area contributed by atoms with Crippen molar-refractivity contribution in [2.45, 2.75) is 6.92 Å². The number of carbonyl (C=O) groups excluding carboxylic acids is 1. The summed E-state index contributed by atoms with van der Waals surface area (Å²) >= 11 is 0. The minimum Gasteiger partial charge on any atom is -0.493 e. The second kappa shape index (κ2) is 9.09. The normalized spacial score (nSPS) is 10.4. The number of carbonyl (C=O) groups is 1. The molecule has 0 saturated carbocycles. The standard InChI is InChI=1S/C25H21N3O3/c1-17-7-13-20(14-8-17)28-25(29)19-11-9-18(10-12-19)21-15-24(27-16-26-21)31-23-6-4-3-5-22(23)30-2/h3-16H,1-2H3,(H,28,29). The van der Waals surface area contributed by atoms with Crippen molar-refractivity contribution >= 4 is 11.6 Å². The first-order valence-corrected chi connectivity index (χ1v) is 9.74. The molecule has 6 nitrogen and oxygen atoms in total. The summed E-state index contributed by atoms with van der Waals surface area (Å²) < 4.78 is 11.2. The number of ether oxygens (including phenoxy) is 2. The van der Waals surface area contributed by atoms with Gasteiger partial charge in [0.1, 0.15) is 6.33 Å². The van der Waals surface area contributed by atoms with E-state index in [-0.39, 0.29) is 5.91 Å². The molecule has 3 aromatic carbocycles. The van der Waals surface area contributed by atoms with Gasteiger partial charge in [-0.05, 0) is 43.3 Å². The summed E-state index contributed by atoms with van der Waals surface area (Å²) in [6, 6.07) is 24.0. The van der Waals surface area contributed by atoms with Crippen LogP contribution >= 0.6 is 0 Å².